The number of carbonyl (C=O) groups excluding carboxylic acids is 2. The molecule has 0 bridgehead atoms. The molecular formula is C32H42N8O4. The molecule has 1 aromatic carbocycles. The van der Waals surface area contributed by atoms with Crippen LogP contribution in [0, 0.1) is 0 Å². The summed E-state index contributed by atoms with van der Waals surface area (Å²) in [6.07, 6.45) is 11.0. The molecule has 3 aromatic rings. The lowest BCUT2D eigenvalue weighted by molar-refractivity contribution is -0.121. The first-order valence-corrected chi connectivity index (χ1v) is 15.8. The number of nitrogens with one attached hydrogen (secondary N) is 2. The molecule has 3 aliphatic rings. The first kappa shape index (κ1) is 29.7. The Balaban J connectivity index is 1.20. The number of hydrogen-bond acceptors (Lipinski definition) is 8. The van der Waals surface area contributed by atoms with Gasteiger partial charge >= 0.3 is 6.03 Å². The second kappa shape index (κ2) is 13.5. The molecular weight excluding hydrogens is 560 g/mol. The molecule has 4 heterocycles. The predicted molar refractivity (Wildman–Crippen MR) is 165 cm³/mol. The Morgan fingerprint density at radius 2 is 1.84 bits per heavy atom. The highest BCUT2D eigenvalue weighted by Gasteiger charge is 2.33. The summed E-state index contributed by atoms with van der Waals surface area (Å²) in [6.45, 7) is 7.10. The Bertz CT molecular complexity index is 1440. The summed E-state index contributed by atoms with van der Waals surface area (Å²) in [6, 6.07) is 7.61. The topological polar surface area (TPSA) is 127 Å². The van der Waals surface area contributed by atoms with Crippen LogP contribution in [0.2, 0.25) is 0 Å². The number of urea groups is 1. The van der Waals surface area contributed by atoms with Crippen molar-refractivity contribution in [1.82, 2.24) is 35.1 Å². The molecule has 12 heteroatoms. The zero-order valence-corrected chi connectivity index (χ0v) is 25.6. The average Bonchev–Trinajstić information content (AvgIpc) is 3.59. The summed E-state index contributed by atoms with van der Waals surface area (Å²) in [7, 11) is 0. The van der Waals surface area contributed by atoms with Gasteiger partial charge in [0.25, 0.3) is 0 Å². The largest absolute Gasteiger partial charge is 0.486 e. The zero-order chi connectivity index (χ0) is 30.5. The molecule has 3 amide bonds. The molecule has 2 aromatic heterocycles. The number of benzene rings is 1. The van der Waals surface area contributed by atoms with Crippen molar-refractivity contribution in [3.63, 3.8) is 0 Å². The van der Waals surface area contributed by atoms with Crippen LogP contribution in [0.5, 0.6) is 11.5 Å². The van der Waals surface area contributed by atoms with Crippen molar-refractivity contribution in [2.45, 2.75) is 76.9 Å². The third-order valence-electron chi connectivity index (χ3n) is 8.56. The number of ether oxygens (including phenoxy) is 2. The van der Waals surface area contributed by atoms with E-state index in [0.717, 1.165) is 48.5 Å². The molecule has 234 valence electrons. The number of nitrogens with zero attached hydrogens (tertiary/aromatic N) is 6. The first-order valence-electron chi connectivity index (χ1n) is 15.8. The third kappa shape index (κ3) is 7.06. The maximum Gasteiger partial charge on any atom is 0.317 e. The molecule has 1 saturated carbocycles. The van der Waals surface area contributed by atoms with Crippen molar-refractivity contribution < 1.29 is 19.1 Å². The summed E-state index contributed by atoms with van der Waals surface area (Å²) in [4.78, 5) is 44.6. The lowest BCUT2D eigenvalue weighted by Gasteiger charge is -2.42. The molecule has 1 unspecified atom stereocenters. The Morgan fingerprint density at radius 1 is 1.02 bits per heavy atom. The fourth-order valence-corrected chi connectivity index (χ4v) is 6.09. The van der Waals surface area contributed by atoms with E-state index in [-0.39, 0.29) is 36.4 Å². The van der Waals surface area contributed by atoms with Gasteiger partial charge in [0, 0.05) is 57.1 Å². The van der Waals surface area contributed by atoms with Crippen LogP contribution in [0.1, 0.15) is 69.5 Å². The standard InChI is InChI=1S/C32H42N8O4/c1-22(2)26-18-29(37-31(36-26)39-11-10-33-21-39)40-13-12-38(32(42)35-24-6-4-3-5-7-24)20-25(40)17-30(41)34-19-23-8-9-27-28(16-23)44-15-14-43-27/h8-11,16,18,21-22,24-25H,3-7,12-15,17,19-20H2,1-2H3,(H,34,41)(H,35,42). The molecule has 1 atom stereocenters. The molecule has 2 aliphatic heterocycles. The Hall–Kier alpha value is -4.35. The van der Waals surface area contributed by atoms with Crippen molar-refractivity contribution in [3.8, 4) is 17.4 Å². The molecule has 12 nitrogen and oxygen atoms in total. The number of amides is 3. The molecule has 6 rings (SSSR count). The van der Waals surface area contributed by atoms with E-state index in [4.69, 9.17) is 19.4 Å². The molecule has 1 aliphatic carbocycles. The fraction of sp³-hybridized carbons (Fsp3) is 0.531. The summed E-state index contributed by atoms with van der Waals surface area (Å²) in [5, 5.41) is 6.32. The molecule has 2 fully saturated rings. The van der Waals surface area contributed by atoms with Gasteiger partial charge in [0.05, 0.1) is 11.7 Å². The van der Waals surface area contributed by atoms with Gasteiger partial charge in [-0.2, -0.15) is 4.98 Å². The maximum absolute atomic E-state index is 13.4. The highest BCUT2D eigenvalue weighted by Crippen LogP contribution is 2.31. The molecule has 0 radical (unpaired) electrons. The normalized spacial score (nSPS) is 18.8. The number of imidazole rings is 1. The monoisotopic (exact) mass is 602 g/mol. The van der Waals surface area contributed by atoms with Gasteiger partial charge in [-0.15, -0.1) is 0 Å². The average molecular weight is 603 g/mol. The smallest absolute Gasteiger partial charge is 0.317 e. The van der Waals surface area contributed by atoms with Crippen LogP contribution >= 0.6 is 0 Å². The molecule has 0 spiro atoms. The Labute approximate surface area is 258 Å². The number of carbonyl (C=O) groups is 2. The van der Waals surface area contributed by atoms with E-state index in [1.165, 1.54) is 6.42 Å². The van der Waals surface area contributed by atoms with E-state index < -0.39 is 0 Å². The number of hydrogen-bond donors (Lipinski definition) is 2. The van der Waals surface area contributed by atoms with Crippen molar-refractivity contribution in [1.29, 1.82) is 0 Å². The Kier molecular flexibility index (Phi) is 9.13. The van der Waals surface area contributed by atoms with Crippen LogP contribution in [0.3, 0.4) is 0 Å². The molecule has 1 saturated heterocycles. The van der Waals surface area contributed by atoms with E-state index in [1.807, 2.05) is 35.4 Å². The van der Waals surface area contributed by atoms with E-state index in [1.54, 1.807) is 17.1 Å². The van der Waals surface area contributed by atoms with Gasteiger partial charge in [-0.3, -0.25) is 9.36 Å². The maximum atomic E-state index is 13.4. The van der Waals surface area contributed by atoms with Crippen molar-refractivity contribution in [2.75, 3.05) is 37.7 Å². The fourth-order valence-electron chi connectivity index (χ4n) is 6.09. The van der Waals surface area contributed by atoms with Crippen LogP contribution in [0.25, 0.3) is 5.95 Å². The Morgan fingerprint density at radius 3 is 2.61 bits per heavy atom. The summed E-state index contributed by atoms with van der Waals surface area (Å²) < 4.78 is 13.1. The lowest BCUT2D eigenvalue weighted by atomic mass is 9.96. The van der Waals surface area contributed by atoms with Gasteiger partial charge in [0.1, 0.15) is 25.4 Å². The first-order chi connectivity index (χ1) is 21.4. The quantitative estimate of drug-likeness (QED) is 0.399. The highest BCUT2D eigenvalue weighted by atomic mass is 16.6. The van der Waals surface area contributed by atoms with Gasteiger partial charge in [0.2, 0.25) is 11.9 Å². The minimum Gasteiger partial charge on any atom is -0.486 e. The van der Waals surface area contributed by atoms with Crippen LogP contribution in [0.4, 0.5) is 10.6 Å². The number of anilines is 1. The molecule has 2 N–H and O–H groups in total. The van der Waals surface area contributed by atoms with E-state index in [2.05, 4.69) is 34.4 Å². The van der Waals surface area contributed by atoms with Crippen molar-refractivity contribution in [2.24, 2.45) is 0 Å². The number of fused-ring (bicyclic) bond motifs is 1. The predicted octanol–water partition coefficient (Wildman–Crippen LogP) is 3.80. The highest BCUT2D eigenvalue weighted by molar-refractivity contribution is 5.78. The van der Waals surface area contributed by atoms with Gasteiger partial charge in [-0.1, -0.05) is 39.2 Å². The van der Waals surface area contributed by atoms with Gasteiger partial charge in [0.15, 0.2) is 11.5 Å². The SMILES string of the molecule is CC(C)c1cc(N2CCN(C(=O)NC3CCCCC3)CC2CC(=O)NCc2ccc3c(c2)OCCO3)nc(-n2ccnc2)n1. The van der Waals surface area contributed by atoms with Crippen LogP contribution in [0.15, 0.2) is 43.0 Å². The van der Waals surface area contributed by atoms with Gasteiger partial charge < -0.3 is 29.9 Å². The number of rotatable bonds is 8. The van der Waals surface area contributed by atoms with Crippen molar-refractivity contribution in [3.05, 3.63) is 54.2 Å². The van der Waals surface area contributed by atoms with Crippen LogP contribution in [-0.2, 0) is 11.3 Å². The lowest BCUT2D eigenvalue weighted by Crippen LogP contribution is -2.59. The summed E-state index contributed by atoms with van der Waals surface area (Å²) in [5.74, 6) is 2.76. The van der Waals surface area contributed by atoms with E-state index in [9.17, 15) is 9.59 Å². The third-order valence-corrected chi connectivity index (χ3v) is 8.56. The van der Waals surface area contributed by atoms with Crippen LogP contribution in [-0.4, -0.2) is 81.3 Å². The van der Waals surface area contributed by atoms with E-state index >= 15 is 0 Å². The zero-order valence-electron chi connectivity index (χ0n) is 25.6. The van der Waals surface area contributed by atoms with Crippen molar-refractivity contribution >= 4 is 17.8 Å². The minimum absolute atomic E-state index is 0.0529. The van der Waals surface area contributed by atoms with E-state index in [0.29, 0.717) is 51.1 Å². The number of aromatic nitrogens is 4. The molecule has 44 heavy (non-hydrogen) atoms. The summed E-state index contributed by atoms with van der Waals surface area (Å²) >= 11 is 0. The minimum atomic E-state index is -0.272. The second-order valence-corrected chi connectivity index (χ2v) is 12.1. The van der Waals surface area contributed by atoms with Gasteiger partial charge in [-0.05, 0) is 36.5 Å². The second-order valence-electron chi connectivity index (χ2n) is 12.1. The summed E-state index contributed by atoms with van der Waals surface area (Å²) in [5.41, 5.74) is 1.83. The van der Waals surface area contributed by atoms with Crippen LogP contribution < -0.4 is 25.0 Å². The van der Waals surface area contributed by atoms with Gasteiger partial charge in [-0.25, -0.2) is 14.8 Å². The number of piperazine rings is 1.